The largest absolute Gasteiger partial charge is 0.309 e. The molecule has 0 aromatic carbocycles. The zero-order chi connectivity index (χ0) is 11.6. The van der Waals surface area contributed by atoms with Crippen molar-refractivity contribution in [1.29, 1.82) is 0 Å². The van der Waals surface area contributed by atoms with Gasteiger partial charge in [-0.25, -0.2) is 0 Å². The van der Waals surface area contributed by atoms with E-state index in [2.05, 4.69) is 21.3 Å². The van der Waals surface area contributed by atoms with Gasteiger partial charge in [-0.15, -0.1) is 0 Å². The van der Waals surface area contributed by atoms with Crippen LogP contribution in [0, 0.1) is 0 Å². The van der Waals surface area contributed by atoms with Crippen molar-refractivity contribution in [2.45, 2.75) is 0 Å². The van der Waals surface area contributed by atoms with E-state index in [-0.39, 0.29) is 11.6 Å². The third-order valence-electron chi connectivity index (χ3n) is 2.25. The lowest BCUT2D eigenvalue weighted by atomic mass is 10.3. The lowest BCUT2D eigenvalue weighted by Crippen LogP contribution is -2.41. The molecule has 1 heterocycles. The molecule has 0 radical (unpaired) electrons. The molecular weight excluding hydrogens is 208 g/mol. The van der Waals surface area contributed by atoms with E-state index in [9.17, 15) is 9.59 Å². The highest BCUT2D eigenvalue weighted by molar-refractivity contribution is 5.82. The molecule has 0 aliphatic carbocycles. The summed E-state index contributed by atoms with van der Waals surface area (Å²) in [5.74, 6) is 0.321. The Kier molecular flexibility index (Phi) is 6.91. The number of nitrogens with one attached hydrogen (secondary N) is 4. The zero-order valence-corrected chi connectivity index (χ0v) is 9.47. The van der Waals surface area contributed by atoms with E-state index in [0.717, 1.165) is 0 Å². The number of ketones is 2. The number of Topliss-reactive ketones (excluding diaryl/α,β-unsaturated/α-hetero) is 2. The fourth-order valence-corrected chi connectivity index (χ4v) is 1.39. The van der Waals surface area contributed by atoms with Gasteiger partial charge < -0.3 is 21.3 Å². The van der Waals surface area contributed by atoms with Gasteiger partial charge in [-0.05, 0) is 0 Å². The van der Waals surface area contributed by atoms with Crippen LogP contribution in [-0.2, 0) is 9.59 Å². The second-order valence-corrected chi connectivity index (χ2v) is 3.78. The van der Waals surface area contributed by atoms with Crippen LogP contribution in [0.2, 0.25) is 0 Å². The predicted molar refractivity (Wildman–Crippen MR) is 61.5 cm³/mol. The summed E-state index contributed by atoms with van der Waals surface area (Å²) in [5.41, 5.74) is 0. The lowest BCUT2D eigenvalue weighted by molar-refractivity contribution is -0.118. The minimum Gasteiger partial charge on any atom is -0.309 e. The molecule has 1 rings (SSSR count). The second-order valence-electron chi connectivity index (χ2n) is 3.78. The van der Waals surface area contributed by atoms with Gasteiger partial charge >= 0.3 is 0 Å². The summed E-state index contributed by atoms with van der Waals surface area (Å²) in [6.07, 6.45) is 0. The molecule has 6 heteroatoms. The van der Waals surface area contributed by atoms with Crippen molar-refractivity contribution in [2.75, 3.05) is 52.4 Å². The highest BCUT2D eigenvalue weighted by Crippen LogP contribution is 1.72. The molecule has 0 aromatic rings. The zero-order valence-electron chi connectivity index (χ0n) is 9.47. The molecule has 0 bridgehead atoms. The Morgan fingerprint density at radius 2 is 0.812 bits per heavy atom. The first-order chi connectivity index (χ1) is 7.79. The molecule has 92 valence electrons. The van der Waals surface area contributed by atoms with Gasteiger partial charge in [-0.1, -0.05) is 0 Å². The van der Waals surface area contributed by atoms with Crippen LogP contribution in [-0.4, -0.2) is 63.9 Å². The highest BCUT2D eigenvalue weighted by atomic mass is 16.1. The highest BCUT2D eigenvalue weighted by Gasteiger charge is 2.03. The van der Waals surface area contributed by atoms with Gasteiger partial charge in [0.25, 0.3) is 0 Å². The Morgan fingerprint density at radius 1 is 0.562 bits per heavy atom. The SMILES string of the molecule is O=C1CNCCNCC(=O)CNCCNC1. The number of rotatable bonds is 0. The average Bonchev–Trinajstić information content (AvgIpc) is 2.27. The van der Waals surface area contributed by atoms with Crippen LogP contribution in [0.1, 0.15) is 0 Å². The first-order valence-corrected chi connectivity index (χ1v) is 5.65. The normalized spacial score (nSPS) is 22.8. The molecule has 16 heavy (non-hydrogen) atoms. The van der Waals surface area contributed by atoms with E-state index in [1.54, 1.807) is 0 Å². The number of carbonyl (C=O) groups excluding carboxylic acids is 2. The van der Waals surface area contributed by atoms with Crippen molar-refractivity contribution in [3.05, 3.63) is 0 Å². The standard InChI is InChI=1S/C10H20N4O2/c15-9-5-11-1-2-12-6-10(16)8-14-4-3-13-7-9/h11-14H,1-8H2. The van der Waals surface area contributed by atoms with E-state index in [1.165, 1.54) is 0 Å². The maximum Gasteiger partial charge on any atom is 0.160 e. The predicted octanol–water partition coefficient (Wildman–Crippen LogP) is -2.50. The molecule has 0 atom stereocenters. The molecule has 1 fully saturated rings. The van der Waals surface area contributed by atoms with Crippen molar-refractivity contribution < 1.29 is 9.59 Å². The Bertz CT molecular complexity index is 189. The van der Waals surface area contributed by atoms with Crippen molar-refractivity contribution >= 4 is 11.6 Å². The molecule has 0 unspecified atom stereocenters. The van der Waals surface area contributed by atoms with Gasteiger partial charge in [-0.2, -0.15) is 0 Å². The molecule has 0 aromatic heterocycles. The van der Waals surface area contributed by atoms with Crippen LogP contribution in [0.3, 0.4) is 0 Å². The topological polar surface area (TPSA) is 82.3 Å². The quantitative estimate of drug-likeness (QED) is 0.367. The maximum absolute atomic E-state index is 11.3. The van der Waals surface area contributed by atoms with Crippen molar-refractivity contribution in [3.8, 4) is 0 Å². The third-order valence-corrected chi connectivity index (χ3v) is 2.25. The third kappa shape index (κ3) is 6.62. The first-order valence-electron chi connectivity index (χ1n) is 5.65. The number of hydrogen-bond donors (Lipinski definition) is 4. The summed E-state index contributed by atoms with van der Waals surface area (Å²) in [4.78, 5) is 22.6. The summed E-state index contributed by atoms with van der Waals surface area (Å²) in [7, 11) is 0. The second kappa shape index (κ2) is 8.35. The maximum atomic E-state index is 11.3. The van der Waals surface area contributed by atoms with Crippen LogP contribution in [0.15, 0.2) is 0 Å². The first kappa shape index (κ1) is 13.2. The Hall–Kier alpha value is -0.820. The molecule has 1 aliphatic rings. The summed E-state index contributed by atoms with van der Waals surface area (Å²) in [6.45, 7) is 4.34. The van der Waals surface area contributed by atoms with Crippen LogP contribution in [0.5, 0.6) is 0 Å². The molecule has 0 saturated carbocycles. The van der Waals surface area contributed by atoms with E-state index in [4.69, 9.17) is 0 Å². The summed E-state index contributed by atoms with van der Waals surface area (Å²) < 4.78 is 0. The van der Waals surface area contributed by atoms with E-state index in [1.807, 2.05) is 0 Å². The molecule has 1 aliphatic heterocycles. The van der Waals surface area contributed by atoms with Gasteiger partial charge in [-0.3, -0.25) is 9.59 Å². The van der Waals surface area contributed by atoms with Gasteiger partial charge in [0, 0.05) is 26.2 Å². The van der Waals surface area contributed by atoms with E-state index in [0.29, 0.717) is 52.4 Å². The Balaban J connectivity index is 2.23. The Labute approximate surface area is 95.5 Å². The monoisotopic (exact) mass is 228 g/mol. The fourth-order valence-electron chi connectivity index (χ4n) is 1.39. The summed E-state index contributed by atoms with van der Waals surface area (Å²) in [5, 5.41) is 12.1. The average molecular weight is 228 g/mol. The number of hydrogen-bond acceptors (Lipinski definition) is 6. The smallest absolute Gasteiger partial charge is 0.160 e. The Morgan fingerprint density at radius 3 is 1.06 bits per heavy atom. The molecule has 0 spiro atoms. The van der Waals surface area contributed by atoms with E-state index >= 15 is 0 Å². The van der Waals surface area contributed by atoms with E-state index < -0.39 is 0 Å². The lowest BCUT2D eigenvalue weighted by Gasteiger charge is -2.09. The summed E-state index contributed by atoms with van der Waals surface area (Å²) in [6, 6.07) is 0. The minimum atomic E-state index is 0.160. The number of carbonyl (C=O) groups is 2. The molecule has 4 N–H and O–H groups in total. The van der Waals surface area contributed by atoms with Gasteiger partial charge in [0.15, 0.2) is 11.6 Å². The van der Waals surface area contributed by atoms with Gasteiger partial charge in [0.2, 0.25) is 0 Å². The molecule has 6 nitrogen and oxygen atoms in total. The fraction of sp³-hybridized carbons (Fsp3) is 0.800. The van der Waals surface area contributed by atoms with Crippen molar-refractivity contribution in [1.82, 2.24) is 21.3 Å². The van der Waals surface area contributed by atoms with Crippen LogP contribution >= 0.6 is 0 Å². The van der Waals surface area contributed by atoms with Crippen LogP contribution in [0.25, 0.3) is 0 Å². The molecule has 1 saturated heterocycles. The summed E-state index contributed by atoms with van der Waals surface area (Å²) >= 11 is 0. The molecule has 0 amide bonds. The van der Waals surface area contributed by atoms with Crippen LogP contribution < -0.4 is 21.3 Å². The van der Waals surface area contributed by atoms with Crippen molar-refractivity contribution in [3.63, 3.8) is 0 Å². The van der Waals surface area contributed by atoms with Gasteiger partial charge in [0.05, 0.1) is 26.2 Å². The minimum absolute atomic E-state index is 0.160. The van der Waals surface area contributed by atoms with Gasteiger partial charge in [0.1, 0.15) is 0 Å². The van der Waals surface area contributed by atoms with Crippen LogP contribution in [0.4, 0.5) is 0 Å². The molecular formula is C10H20N4O2. The van der Waals surface area contributed by atoms with Crippen molar-refractivity contribution in [2.24, 2.45) is 0 Å².